The van der Waals surface area contributed by atoms with Gasteiger partial charge in [-0.25, -0.2) is 4.98 Å². The van der Waals surface area contributed by atoms with E-state index in [0.717, 1.165) is 32.0 Å². The van der Waals surface area contributed by atoms with Crippen molar-refractivity contribution < 1.29 is 5.21 Å². The minimum atomic E-state index is -0.0557. The zero-order chi connectivity index (χ0) is 15.4. The van der Waals surface area contributed by atoms with Crippen molar-refractivity contribution in [2.24, 2.45) is 10.9 Å². The van der Waals surface area contributed by atoms with E-state index >= 15 is 0 Å². The van der Waals surface area contributed by atoms with Crippen LogP contribution in [0.4, 0.5) is 11.8 Å². The first-order chi connectivity index (χ1) is 10.0. The predicted molar refractivity (Wildman–Crippen MR) is 83.0 cm³/mol. The van der Waals surface area contributed by atoms with Crippen LogP contribution in [0, 0.1) is 0 Å². The molecule has 0 aliphatic carbocycles. The van der Waals surface area contributed by atoms with E-state index in [2.05, 4.69) is 24.9 Å². The second kappa shape index (κ2) is 6.57. The van der Waals surface area contributed by atoms with Gasteiger partial charge < -0.3 is 20.7 Å². The number of nitrogens with two attached hydrogens (primary N) is 1. The van der Waals surface area contributed by atoms with Crippen LogP contribution in [0.3, 0.4) is 0 Å². The molecule has 1 aliphatic rings. The summed E-state index contributed by atoms with van der Waals surface area (Å²) < 4.78 is 0. The van der Waals surface area contributed by atoms with Gasteiger partial charge in [-0.2, -0.15) is 4.98 Å². The molecule has 3 N–H and O–H groups in total. The van der Waals surface area contributed by atoms with Crippen molar-refractivity contribution in [3.05, 3.63) is 12.3 Å². The SMILES string of the molecule is CC(C(N)=NO)N1CCN(c2ccnc(N(C)C)n2)CC1. The summed E-state index contributed by atoms with van der Waals surface area (Å²) in [7, 11) is 3.85. The van der Waals surface area contributed by atoms with Gasteiger partial charge in [0.1, 0.15) is 5.82 Å². The van der Waals surface area contributed by atoms with Crippen LogP contribution in [-0.2, 0) is 0 Å². The molecule has 0 bridgehead atoms. The molecular weight excluding hydrogens is 270 g/mol. The maximum Gasteiger partial charge on any atom is 0.226 e. The van der Waals surface area contributed by atoms with Crippen LogP contribution >= 0.6 is 0 Å². The fourth-order valence-corrected chi connectivity index (χ4v) is 2.34. The molecule has 2 rings (SSSR count). The van der Waals surface area contributed by atoms with Crippen molar-refractivity contribution in [1.82, 2.24) is 14.9 Å². The van der Waals surface area contributed by atoms with E-state index in [-0.39, 0.29) is 11.9 Å². The minimum Gasteiger partial charge on any atom is -0.409 e. The van der Waals surface area contributed by atoms with Crippen molar-refractivity contribution in [3.63, 3.8) is 0 Å². The summed E-state index contributed by atoms with van der Waals surface area (Å²) in [6, 6.07) is 1.87. The average molecular weight is 293 g/mol. The third kappa shape index (κ3) is 3.52. The maximum absolute atomic E-state index is 8.75. The van der Waals surface area contributed by atoms with E-state index in [4.69, 9.17) is 10.9 Å². The predicted octanol–water partition coefficient (Wildman–Crippen LogP) is -0.200. The number of aromatic nitrogens is 2. The van der Waals surface area contributed by atoms with Crippen LogP contribution in [0.15, 0.2) is 17.4 Å². The van der Waals surface area contributed by atoms with Gasteiger partial charge in [-0.1, -0.05) is 5.16 Å². The van der Waals surface area contributed by atoms with E-state index in [1.165, 1.54) is 0 Å². The molecule has 1 saturated heterocycles. The van der Waals surface area contributed by atoms with Gasteiger partial charge in [0.25, 0.3) is 0 Å². The lowest BCUT2D eigenvalue weighted by atomic mass is 10.2. The Balaban J connectivity index is 1.99. The molecule has 1 fully saturated rings. The Labute approximate surface area is 124 Å². The Morgan fingerprint density at radius 3 is 2.62 bits per heavy atom. The third-order valence-electron chi connectivity index (χ3n) is 3.76. The monoisotopic (exact) mass is 293 g/mol. The molecule has 21 heavy (non-hydrogen) atoms. The highest BCUT2D eigenvalue weighted by Gasteiger charge is 2.24. The molecular formula is C13H23N7O. The zero-order valence-corrected chi connectivity index (χ0v) is 12.8. The highest BCUT2D eigenvalue weighted by molar-refractivity contribution is 5.84. The van der Waals surface area contributed by atoms with E-state index in [1.807, 2.05) is 32.0 Å². The van der Waals surface area contributed by atoms with Gasteiger partial charge in [0.2, 0.25) is 5.95 Å². The van der Waals surface area contributed by atoms with Gasteiger partial charge in [0, 0.05) is 46.5 Å². The highest BCUT2D eigenvalue weighted by atomic mass is 16.4. The Morgan fingerprint density at radius 1 is 1.38 bits per heavy atom. The van der Waals surface area contributed by atoms with Crippen molar-refractivity contribution in [3.8, 4) is 0 Å². The fourth-order valence-electron chi connectivity index (χ4n) is 2.34. The third-order valence-corrected chi connectivity index (χ3v) is 3.76. The van der Waals surface area contributed by atoms with E-state index < -0.39 is 0 Å². The molecule has 1 aliphatic heterocycles. The number of amidine groups is 1. The van der Waals surface area contributed by atoms with Gasteiger partial charge in [0.15, 0.2) is 5.84 Å². The van der Waals surface area contributed by atoms with Crippen LogP contribution in [-0.4, -0.2) is 72.2 Å². The Kier molecular flexibility index (Phi) is 4.79. The highest BCUT2D eigenvalue weighted by Crippen LogP contribution is 2.16. The van der Waals surface area contributed by atoms with Crippen molar-refractivity contribution >= 4 is 17.6 Å². The molecule has 1 aromatic heterocycles. The van der Waals surface area contributed by atoms with Gasteiger partial charge in [0.05, 0.1) is 6.04 Å². The molecule has 0 saturated carbocycles. The summed E-state index contributed by atoms with van der Waals surface area (Å²) in [5.41, 5.74) is 5.66. The summed E-state index contributed by atoms with van der Waals surface area (Å²) in [4.78, 5) is 15.1. The van der Waals surface area contributed by atoms with Crippen molar-refractivity contribution in [1.29, 1.82) is 0 Å². The van der Waals surface area contributed by atoms with E-state index in [9.17, 15) is 0 Å². The lowest BCUT2D eigenvalue weighted by Gasteiger charge is -2.38. The first kappa shape index (κ1) is 15.3. The van der Waals surface area contributed by atoms with Crippen LogP contribution in [0.2, 0.25) is 0 Å². The fraction of sp³-hybridized carbons (Fsp3) is 0.615. The number of hydrogen-bond acceptors (Lipinski definition) is 7. The van der Waals surface area contributed by atoms with E-state index in [1.54, 1.807) is 6.20 Å². The first-order valence-electron chi connectivity index (χ1n) is 6.99. The molecule has 0 aromatic carbocycles. The van der Waals surface area contributed by atoms with Gasteiger partial charge in [-0.15, -0.1) is 0 Å². The van der Waals surface area contributed by atoms with Crippen LogP contribution in [0.5, 0.6) is 0 Å². The van der Waals surface area contributed by atoms with Gasteiger partial charge in [-0.05, 0) is 13.0 Å². The van der Waals surface area contributed by atoms with Crippen LogP contribution in [0.1, 0.15) is 6.92 Å². The molecule has 0 amide bonds. The van der Waals surface area contributed by atoms with Crippen molar-refractivity contribution in [2.45, 2.75) is 13.0 Å². The Bertz CT molecular complexity index is 497. The molecule has 1 atom stereocenters. The largest absolute Gasteiger partial charge is 0.409 e. The van der Waals surface area contributed by atoms with Crippen LogP contribution in [0.25, 0.3) is 0 Å². The number of rotatable bonds is 4. The van der Waals surface area contributed by atoms with Crippen LogP contribution < -0.4 is 15.5 Å². The van der Waals surface area contributed by atoms with E-state index in [0.29, 0.717) is 5.95 Å². The molecule has 1 aromatic rings. The summed E-state index contributed by atoms with van der Waals surface area (Å²) >= 11 is 0. The second-order valence-corrected chi connectivity index (χ2v) is 5.33. The molecule has 0 spiro atoms. The smallest absolute Gasteiger partial charge is 0.226 e. The molecule has 1 unspecified atom stereocenters. The maximum atomic E-state index is 8.75. The number of hydrogen-bond donors (Lipinski definition) is 2. The normalized spacial score (nSPS) is 18.6. The second-order valence-electron chi connectivity index (χ2n) is 5.33. The molecule has 2 heterocycles. The minimum absolute atomic E-state index is 0.0557. The first-order valence-corrected chi connectivity index (χ1v) is 6.99. The van der Waals surface area contributed by atoms with Gasteiger partial charge >= 0.3 is 0 Å². The number of oxime groups is 1. The summed E-state index contributed by atoms with van der Waals surface area (Å²) in [5.74, 6) is 1.89. The lowest BCUT2D eigenvalue weighted by molar-refractivity contribution is 0.230. The number of nitrogens with zero attached hydrogens (tertiary/aromatic N) is 6. The Morgan fingerprint density at radius 2 is 2.05 bits per heavy atom. The Hall–Kier alpha value is -2.09. The quantitative estimate of drug-likeness (QED) is 0.343. The molecule has 8 nitrogen and oxygen atoms in total. The average Bonchev–Trinajstić information content (AvgIpc) is 2.53. The van der Waals surface area contributed by atoms with Gasteiger partial charge in [-0.3, -0.25) is 4.90 Å². The molecule has 116 valence electrons. The number of anilines is 2. The summed E-state index contributed by atoms with van der Waals surface area (Å²) in [6.45, 7) is 5.34. The number of piperazine rings is 1. The lowest BCUT2D eigenvalue weighted by Crippen LogP contribution is -2.53. The molecule has 0 radical (unpaired) electrons. The summed E-state index contributed by atoms with van der Waals surface area (Å²) in [6.07, 6.45) is 1.78. The summed E-state index contributed by atoms with van der Waals surface area (Å²) in [5, 5.41) is 11.8. The topological polar surface area (TPSA) is 94.1 Å². The molecule has 8 heteroatoms. The zero-order valence-electron chi connectivity index (χ0n) is 12.8. The standard InChI is InChI=1S/C13H23N7O/c1-10(12(14)17-21)19-6-8-20(9-7-19)11-4-5-15-13(16-11)18(2)3/h4-5,10,21H,6-9H2,1-3H3,(H2,14,17). The van der Waals surface area contributed by atoms with Crippen molar-refractivity contribution in [2.75, 3.05) is 50.1 Å².